The summed E-state index contributed by atoms with van der Waals surface area (Å²) in [5, 5.41) is 3.43. The van der Waals surface area contributed by atoms with Crippen LogP contribution in [-0.2, 0) is 11.3 Å². The number of rotatable bonds is 6. The number of nitrogens with zero attached hydrogens (tertiary/aromatic N) is 5. The number of aromatic nitrogens is 1. The molecule has 8 nitrogen and oxygen atoms in total. The third-order valence-corrected chi connectivity index (χ3v) is 4.97. The first-order chi connectivity index (χ1) is 14.6. The smallest absolute Gasteiger partial charge is 0.259 e. The van der Waals surface area contributed by atoms with Gasteiger partial charge >= 0.3 is 0 Å². The normalized spacial score (nSPS) is 14.4. The van der Waals surface area contributed by atoms with Crippen LogP contribution in [0.3, 0.4) is 0 Å². The van der Waals surface area contributed by atoms with Crippen molar-refractivity contribution in [1.82, 2.24) is 20.1 Å². The molecule has 0 atom stereocenters. The predicted molar refractivity (Wildman–Crippen MR) is 119 cm³/mol. The van der Waals surface area contributed by atoms with Crippen molar-refractivity contribution in [2.45, 2.75) is 6.54 Å². The molecule has 0 saturated carbocycles. The third kappa shape index (κ3) is 5.85. The molecule has 3 rings (SSSR count). The SMILES string of the molecule is CN=C(NCc1cccc(OCC(=O)N(C)C)c1)N1CCN(c2ccccn2)CC1. The van der Waals surface area contributed by atoms with E-state index in [1.165, 1.54) is 4.90 Å². The number of anilines is 1. The van der Waals surface area contributed by atoms with Crippen LogP contribution in [0.5, 0.6) is 5.75 Å². The number of piperazine rings is 1. The Morgan fingerprint density at radius 2 is 1.97 bits per heavy atom. The molecule has 1 saturated heterocycles. The van der Waals surface area contributed by atoms with Gasteiger partial charge in [-0.1, -0.05) is 18.2 Å². The van der Waals surface area contributed by atoms with Crippen molar-refractivity contribution in [1.29, 1.82) is 0 Å². The van der Waals surface area contributed by atoms with Crippen LogP contribution in [0.1, 0.15) is 5.56 Å². The molecular weight excluding hydrogens is 380 g/mol. The standard InChI is InChI=1S/C22H30N6O2/c1-23-22(28-13-11-27(12-14-28)20-9-4-5-10-24-20)25-16-18-7-6-8-19(15-18)30-17-21(29)26(2)3/h4-10,15H,11-14,16-17H2,1-3H3,(H,23,25). The highest BCUT2D eigenvalue weighted by atomic mass is 16.5. The number of guanidine groups is 1. The zero-order valence-corrected chi connectivity index (χ0v) is 17.9. The fourth-order valence-corrected chi connectivity index (χ4v) is 3.22. The second-order valence-corrected chi connectivity index (χ2v) is 7.29. The van der Waals surface area contributed by atoms with Gasteiger partial charge in [0.05, 0.1) is 0 Å². The van der Waals surface area contributed by atoms with Gasteiger partial charge < -0.3 is 24.8 Å². The Kier molecular flexibility index (Phi) is 7.48. The summed E-state index contributed by atoms with van der Waals surface area (Å²) < 4.78 is 5.60. The van der Waals surface area contributed by atoms with Crippen LogP contribution in [-0.4, -0.2) is 80.6 Å². The average molecular weight is 411 g/mol. The van der Waals surface area contributed by atoms with Crippen LogP contribution in [0.15, 0.2) is 53.7 Å². The van der Waals surface area contributed by atoms with E-state index in [4.69, 9.17) is 4.74 Å². The van der Waals surface area contributed by atoms with Crippen LogP contribution in [0, 0.1) is 0 Å². The second-order valence-electron chi connectivity index (χ2n) is 7.29. The first-order valence-electron chi connectivity index (χ1n) is 10.1. The third-order valence-electron chi connectivity index (χ3n) is 4.97. The van der Waals surface area contributed by atoms with Crippen molar-refractivity contribution in [2.24, 2.45) is 4.99 Å². The Hall–Kier alpha value is -3.29. The summed E-state index contributed by atoms with van der Waals surface area (Å²) in [6.07, 6.45) is 1.83. The monoisotopic (exact) mass is 410 g/mol. The predicted octanol–water partition coefficient (Wildman–Crippen LogP) is 1.45. The highest BCUT2D eigenvalue weighted by molar-refractivity contribution is 5.80. The maximum atomic E-state index is 11.7. The number of nitrogens with one attached hydrogen (secondary N) is 1. The maximum absolute atomic E-state index is 11.7. The number of pyridine rings is 1. The molecule has 1 aliphatic heterocycles. The molecule has 0 unspecified atom stereocenters. The molecule has 1 aromatic carbocycles. The van der Waals surface area contributed by atoms with Crippen molar-refractivity contribution in [3.05, 3.63) is 54.2 Å². The number of hydrogen-bond donors (Lipinski definition) is 1. The summed E-state index contributed by atoms with van der Waals surface area (Å²) in [7, 11) is 5.24. The van der Waals surface area contributed by atoms with Gasteiger partial charge in [-0.05, 0) is 29.8 Å². The molecule has 0 radical (unpaired) electrons. The van der Waals surface area contributed by atoms with Gasteiger partial charge in [-0.2, -0.15) is 0 Å². The van der Waals surface area contributed by atoms with Crippen molar-refractivity contribution in [3.63, 3.8) is 0 Å². The number of carbonyl (C=O) groups excluding carboxylic acids is 1. The Labute approximate surface area is 178 Å². The molecule has 1 aromatic heterocycles. The molecule has 1 fully saturated rings. The van der Waals surface area contributed by atoms with Gasteiger partial charge in [-0.15, -0.1) is 0 Å². The van der Waals surface area contributed by atoms with E-state index < -0.39 is 0 Å². The summed E-state index contributed by atoms with van der Waals surface area (Å²) in [6, 6.07) is 13.8. The number of carbonyl (C=O) groups is 1. The first-order valence-corrected chi connectivity index (χ1v) is 10.1. The summed E-state index contributed by atoms with van der Waals surface area (Å²) in [5.74, 6) is 2.52. The van der Waals surface area contributed by atoms with Crippen molar-refractivity contribution >= 4 is 17.7 Å². The molecule has 30 heavy (non-hydrogen) atoms. The second kappa shape index (κ2) is 10.5. The minimum atomic E-state index is -0.0659. The molecule has 1 aliphatic rings. The van der Waals surface area contributed by atoms with Crippen molar-refractivity contribution < 1.29 is 9.53 Å². The summed E-state index contributed by atoms with van der Waals surface area (Å²) in [6.45, 7) is 4.23. The number of amides is 1. The van der Waals surface area contributed by atoms with E-state index in [0.717, 1.165) is 43.5 Å². The highest BCUT2D eigenvalue weighted by Crippen LogP contribution is 2.15. The first kappa shape index (κ1) is 21.4. The lowest BCUT2D eigenvalue weighted by Gasteiger charge is -2.37. The van der Waals surface area contributed by atoms with Gasteiger partial charge in [0.25, 0.3) is 5.91 Å². The molecule has 2 heterocycles. The fraction of sp³-hybridized carbons (Fsp3) is 0.409. The Balaban J connectivity index is 1.50. The lowest BCUT2D eigenvalue weighted by molar-refractivity contribution is -0.130. The van der Waals surface area contributed by atoms with Gasteiger partial charge in [0.1, 0.15) is 11.6 Å². The molecule has 1 amide bonds. The van der Waals surface area contributed by atoms with Gasteiger partial charge in [0.2, 0.25) is 0 Å². The lowest BCUT2D eigenvalue weighted by atomic mass is 10.2. The number of benzene rings is 1. The molecule has 0 bridgehead atoms. The quantitative estimate of drug-likeness (QED) is 0.574. The minimum absolute atomic E-state index is 0.0338. The average Bonchev–Trinajstić information content (AvgIpc) is 2.79. The summed E-state index contributed by atoms with van der Waals surface area (Å²) >= 11 is 0. The number of likely N-dealkylation sites (N-methyl/N-ethyl adjacent to an activating group) is 1. The van der Waals surface area contributed by atoms with E-state index in [-0.39, 0.29) is 12.5 Å². The summed E-state index contributed by atoms with van der Waals surface area (Å²) in [4.78, 5) is 26.7. The Morgan fingerprint density at radius 3 is 2.63 bits per heavy atom. The van der Waals surface area contributed by atoms with Crippen LogP contribution in [0.25, 0.3) is 0 Å². The van der Waals surface area contributed by atoms with Crippen molar-refractivity contribution in [2.75, 3.05) is 58.8 Å². The van der Waals surface area contributed by atoms with E-state index in [0.29, 0.717) is 12.3 Å². The van der Waals surface area contributed by atoms with Gasteiger partial charge in [-0.3, -0.25) is 9.79 Å². The largest absolute Gasteiger partial charge is 0.484 e. The zero-order valence-electron chi connectivity index (χ0n) is 17.9. The topological polar surface area (TPSA) is 73.3 Å². The molecule has 2 aromatic rings. The molecule has 160 valence electrons. The van der Waals surface area contributed by atoms with Crippen molar-refractivity contribution in [3.8, 4) is 5.75 Å². The van der Waals surface area contributed by atoms with Gasteiger partial charge in [0.15, 0.2) is 12.6 Å². The summed E-state index contributed by atoms with van der Waals surface area (Å²) in [5.41, 5.74) is 1.07. The molecule has 8 heteroatoms. The molecular formula is C22H30N6O2. The lowest BCUT2D eigenvalue weighted by Crippen LogP contribution is -2.52. The van der Waals surface area contributed by atoms with E-state index in [1.807, 2.05) is 48.7 Å². The van der Waals surface area contributed by atoms with Gasteiger partial charge in [0, 0.05) is 60.1 Å². The number of ether oxygens (including phenoxy) is 1. The van der Waals surface area contributed by atoms with Gasteiger partial charge in [-0.25, -0.2) is 4.98 Å². The zero-order chi connectivity index (χ0) is 21.3. The minimum Gasteiger partial charge on any atom is -0.484 e. The highest BCUT2D eigenvalue weighted by Gasteiger charge is 2.20. The van der Waals surface area contributed by atoms with E-state index in [9.17, 15) is 4.79 Å². The maximum Gasteiger partial charge on any atom is 0.259 e. The van der Waals surface area contributed by atoms with Crippen LogP contribution in [0.2, 0.25) is 0 Å². The fourth-order valence-electron chi connectivity index (χ4n) is 3.22. The molecule has 1 N–H and O–H groups in total. The van der Waals surface area contributed by atoms with E-state index >= 15 is 0 Å². The Morgan fingerprint density at radius 1 is 1.17 bits per heavy atom. The molecule has 0 spiro atoms. The number of aliphatic imine (C=N–C) groups is 1. The van der Waals surface area contributed by atoms with E-state index in [1.54, 1.807) is 21.1 Å². The van der Waals surface area contributed by atoms with E-state index in [2.05, 4.69) is 25.1 Å². The Bertz CT molecular complexity index is 848. The number of hydrogen-bond acceptors (Lipinski definition) is 5. The molecule has 0 aliphatic carbocycles. The van der Waals surface area contributed by atoms with Crippen LogP contribution >= 0.6 is 0 Å². The van der Waals surface area contributed by atoms with Crippen LogP contribution in [0.4, 0.5) is 5.82 Å². The van der Waals surface area contributed by atoms with Crippen LogP contribution < -0.4 is 15.0 Å².